The van der Waals surface area contributed by atoms with E-state index in [1.54, 1.807) is 3.38 Å². The summed E-state index contributed by atoms with van der Waals surface area (Å²) in [6, 6.07) is 0. The van der Waals surface area contributed by atoms with Crippen molar-refractivity contribution >= 4 is 45.5 Å². The molecule has 0 saturated heterocycles. The van der Waals surface area contributed by atoms with Crippen LogP contribution in [0.15, 0.2) is 0 Å². The molecule has 0 aliphatic carbocycles. The minimum absolute atomic E-state index is 0.503. The summed E-state index contributed by atoms with van der Waals surface area (Å²) < 4.78 is 9.86. The van der Waals surface area contributed by atoms with Gasteiger partial charge in [0.15, 0.2) is 0 Å². The van der Waals surface area contributed by atoms with E-state index in [2.05, 4.69) is 44.0 Å². The second-order valence-corrected chi connectivity index (χ2v) is 9.68. The molecule has 0 heterocycles. The van der Waals surface area contributed by atoms with Gasteiger partial charge in [0, 0.05) is 0 Å². The van der Waals surface area contributed by atoms with Crippen LogP contribution >= 0.6 is 25.6 Å². The molecule has 0 unspecified atom stereocenters. The van der Waals surface area contributed by atoms with E-state index >= 15 is 0 Å². The Hall–Kier alpha value is 1.01. The largest absolute Gasteiger partial charge is 0.441 e. The smallest absolute Gasteiger partial charge is 0.249 e. The first-order valence-electron chi connectivity index (χ1n) is 5.66. The van der Waals surface area contributed by atoms with Crippen molar-refractivity contribution in [1.29, 1.82) is 0 Å². The molecule has 0 amide bonds. The summed E-state index contributed by atoms with van der Waals surface area (Å²) in [5, 5.41) is 0. The molecule has 0 spiro atoms. The Labute approximate surface area is 110 Å². The molecule has 0 rings (SSSR count). The van der Waals surface area contributed by atoms with Crippen molar-refractivity contribution in [3.05, 3.63) is 0 Å². The van der Waals surface area contributed by atoms with Crippen molar-refractivity contribution in [2.24, 2.45) is 0 Å². The molecule has 15 heavy (non-hydrogen) atoms. The molecular formula is C8H24N2OS2Si2. The minimum Gasteiger partial charge on any atom is -0.441 e. The Morgan fingerprint density at radius 2 is 1.53 bits per heavy atom. The van der Waals surface area contributed by atoms with Crippen molar-refractivity contribution in [3.63, 3.8) is 0 Å². The lowest BCUT2D eigenvalue weighted by Gasteiger charge is -2.22. The Kier molecular flexibility index (Phi) is 12.3. The quantitative estimate of drug-likeness (QED) is 0.458. The first-order valence-corrected chi connectivity index (χ1v) is 8.88. The van der Waals surface area contributed by atoms with Crippen LogP contribution in [0, 0.1) is 0 Å². The van der Waals surface area contributed by atoms with Crippen LogP contribution in [0.5, 0.6) is 0 Å². The Morgan fingerprint density at radius 3 is 1.93 bits per heavy atom. The second-order valence-electron chi connectivity index (χ2n) is 3.66. The molecule has 0 fully saturated rings. The molecule has 0 aromatic heterocycles. The van der Waals surface area contributed by atoms with Crippen molar-refractivity contribution in [2.45, 2.75) is 39.5 Å². The van der Waals surface area contributed by atoms with E-state index in [4.69, 9.17) is 4.12 Å². The zero-order chi connectivity index (χ0) is 11.5. The third-order valence-corrected chi connectivity index (χ3v) is 5.52. The van der Waals surface area contributed by atoms with Crippen LogP contribution in [-0.2, 0) is 4.12 Å². The van der Waals surface area contributed by atoms with Crippen LogP contribution in [0.1, 0.15) is 39.5 Å². The first-order chi connectivity index (χ1) is 7.20. The van der Waals surface area contributed by atoms with E-state index in [1.807, 2.05) is 0 Å². The Balaban J connectivity index is 3.58. The number of nitrogens with zero attached hydrogens (tertiary/aromatic N) is 2. The van der Waals surface area contributed by atoms with Crippen molar-refractivity contribution in [3.8, 4) is 0 Å². The molecule has 0 radical (unpaired) electrons. The van der Waals surface area contributed by atoms with Crippen LogP contribution in [0.25, 0.3) is 0 Å². The van der Waals surface area contributed by atoms with E-state index in [0.717, 1.165) is 0 Å². The molecule has 0 saturated carbocycles. The van der Waals surface area contributed by atoms with Gasteiger partial charge < -0.3 is 8.68 Å². The SMILES string of the molecule is CCCCN(CCCC)[SiH2]O[SiH2]N(S)S. The zero-order valence-electron chi connectivity index (χ0n) is 9.85. The first kappa shape index (κ1) is 16.0. The minimum atomic E-state index is -0.661. The molecule has 7 heteroatoms. The van der Waals surface area contributed by atoms with Gasteiger partial charge in [-0.15, -0.1) is 0 Å². The highest BCUT2D eigenvalue weighted by Crippen LogP contribution is 1.99. The number of hydrogen-bond acceptors (Lipinski definition) is 5. The van der Waals surface area contributed by atoms with Gasteiger partial charge in [-0.1, -0.05) is 52.3 Å². The highest BCUT2D eigenvalue weighted by molar-refractivity contribution is 7.95. The standard InChI is InChI=1S/C8H24N2OS2Si2/c1-3-5-7-9(8-6-4-2)14-11-15-10(12)13/h12-13H,3-8,14-15H2,1-2H3. The summed E-state index contributed by atoms with van der Waals surface area (Å²) in [7, 11) is -1.16. The fraction of sp³-hybridized carbons (Fsp3) is 1.00. The lowest BCUT2D eigenvalue weighted by atomic mass is 10.3. The molecule has 0 atom stereocenters. The van der Waals surface area contributed by atoms with Crippen LogP contribution in [0.2, 0.25) is 0 Å². The molecule has 0 aliphatic heterocycles. The van der Waals surface area contributed by atoms with Crippen molar-refractivity contribution < 1.29 is 4.12 Å². The molecule has 92 valence electrons. The molecule has 0 aromatic rings. The molecule has 0 aromatic carbocycles. The third-order valence-electron chi connectivity index (χ3n) is 2.14. The van der Waals surface area contributed by atoms with Gasteiger partial charge in [-0.05, 0) is 25.9 Å². The number of thiol groups is 2. The second kappa shape index (κ2) is 11.5. The van der Waals surface area contributed by atoms with Gasteiger partial charge in [0.2, 0.25) is 19.8 Å². The summed E-state index contributed by atoms with van der Waals surface area (Å²) in [6.45, 7) is 6.88. The molecule has 0 aliphatic rings. The summed E-state index contributed by atoms with van der Waals surface area (Å²) in [5.41, 5.74) is 0. The third kappa shape index (κ3) is 11.3. The lowest BCUT2D eigenvalue weighted by molar-refractivity contribution is 0.377. The number of unbranched alkanes of at least 4 members (excludes halogenated alkanes) is 2. The molecule has 0 N–H and O–H groups in total. The van der Waals surface area contributed by atoms with Gasteiger partial charge >= 0.3 is 0 Å². The van der Waals surface area contributed by atoms with Gasteiger partial charge in [-0.25, -0.2) is 3.38 Å². The van der Waals surface area contributed by atoms with Crippen LogP contribution < -0.4 is 0 Å². The zero-order valence-corrected chi connectivity index (χ0v) is 14.5. The van der Waals surface area contributed by atoms with Crippen molar-refractivity contribution in [2.75, 3.05) is 13.1 Å². The van der Waals surface area contributed by atoms with Crippen LogP contribution in [0.3, 0.4) is 0 Å². The summed E-state index contributed by atoms with van der Waals surface area (Å²) in [6.07, 6.45) is 5.10. The fourth-order valence-corrected chi connectivity index (χ4v) is 5.44. The molecular weight excluding hydrogens is 260 g/mol. The molecule has 3 nitrogen and oxygen atoms in total. The van der Waals surface area contributed by atoms with E-state index < -0.39 is 19.8 Å². The average Bonchev–Trinajstić information content (AvgIpc) is 2.20. The number of rotatable bonds is 10. The molecule has 0 bridgehead atoms. The van der Waals surface area contributed by atoms with Gasteiger partial charge in [0.25, 0.3) is 0 Å². The highest BCUT2D eigenvalue weighted by Gasteiger charge is 2.05. The predicted octanol–water partition coefficient (Wildman–Crippen LogP) is 0.894. The van der Waals surface area contributed by atoms with E-state index in [1.165, 1.54) is 38.8 Å². The maximum atomic E-state index is 5.73. The number of hydrogen-bond donors (Lipinski definition) is 2. The summed E-state index contributed by atoms with van der Waals surface area (Å²) in [4.78, 5) is 0. The van der Waals surface area contributed by atoms with Gasteiger partial charge in [-0.2, -0.15) is 0 Å². The van der Waals surface area contributed by atoms with Gasteiger partial charge in [0.05, 0.1) is 0 Å². The highest BCUT2D eigenvalue weighted by atomic mass is 32.2. The lowest BCUT2D eigenvalue weighted by Crippen LogP contribution is -2.33. The van der Waals surface area contributed by atoms with Gasteiger partial charge in [-0.3, -0.25) is 0 Å². The van der Waals surface area contributed by atoms with Gasteiger partial charge in [0.1, 0.15) is 0 Å². The maximum Gasteiger partial charge on any atom is 0.249 e. The summed E-state index contributed by atoms with van der Waals surface area (Å²) >= 11 is 8.16. The monoisotopic (exact) mass is 284 g/mol. The van der Waals surface area contributed by atoms with E-state index in [-0.39, 0.29) is 0 Å². The normalized spacial score (nSPS) is 13.2. The van der Waals surface area contributed by atoms with E-state index in [9.17, 15) is 0 Å². The summed E-state index contributed by atoms with van der Waals surface area (Å²) in [5.74, 6) is 0. The van der Waals surface area contributed by atoms with Crippen LogP contribution in [0.4, 0.5) is 0 Å². The average molecular weight is 285 g/mol. The Morgan fingerprint density at radius 1 is 1.00 bits per heavy atom. The predicted molar refractivity (Wildman–Crippen MR) is 79.4 cm³/mol. The van der Waals surface area contributed by atoms with Crippen LogP contribution in [-0.4, -0.2) is 40.9 Å². The van der Waals surface area contributed by atoms with Crippen molar-refractivity contribution in [1.82, 2.24) is 7.94 Å². The fourth-order valence-electron chi connectivity index (χ4n) is 1.26. The Bertz CT molecular complexity index is 136. The maximum absolute atomic E-state index is 5.73. The topological polar surface area (TPSA) is 15.7 Å². The van der Waals surface area contributed by atoms with E-state index in [0.29, 0.717) is 0 Å².